The Kier molecular flexibility index (Phi) is 8.57. The van der Waals surface area contributed by atoms with E-state index in [-0.39, 0.29) is 5.97 Å². The van der Waals surface area contributed by atoms with Crippen molar-refractivity contribution in [3.8, 4) is 5.75 Å². The molecule has 24 heavy (non-hydrogen) atoms. The van der Waals surface area contributed by atoms with Crippen LogP contribution < -0.4 is 15.6 Å². The highest BCUT2D eigenvalue weighted by molar-refractivity contribution is 5.82. The smallest absolute Gasteiger partial charge is 0.311 e. The number of rotatable bonds is 7. The summed E-state index contributed by atoms with van der Waals surface area (Å²) in [6.07, 6.45) is 5.49. The Balaban J connectivity index is 0.000000648. The first-order chi connectivity index (χ1) is 11.5. The van der Waals surface area contributed by atoms with Gasteiger partial charge in [-0.3, -0.25) is 4.79 Å². The number of carboxylic acids is 1. The number of hydrogen-bond acceptors (Lipinski definition) is 4. The molecule has 2 aromatic rings. The Hall–Kier alpha value is -2.34. The number of carbonyl (C=O) groups is 2. The predicted molar refractivity (Wildman–Crippen MR) is 90.0 cm³/mol. The maximum Gasteiger partial charge on any atom is 0.311 e. The van der Waals surface area contributed by atoms with Crippen LogP contribution in [0.3, 0.4) is 0 Å². The van der Waals surface area contributed by atoms with Crippen LogP contribution in [0.15, 0.2) is 30.5 Å². The van der Waals surface area contributed by atoms with Crippen LogP contribution in [-0.4, -0.2) is 23.5 Å². The summed E-state index contributed by atoms with van der Waals surface area (Å²) in [6.45, 7) is 3.98. The predicted octanol–water partition coefficient (Wildman–Crippen LogP) is 1.27. The molecule has 0 saturated carbocycles. The molecule has 0 aliphatic rings. The molecule has 6 heteroatoms. The monoisotopic (exact) mass is 334 g/mol. The molecule has 0 fully saturated rings. The number of carboxylic acid groups (broad SMARTS) is 1. The van der Waals surface area contributed by atoms with E-state index in [0.717, 1.165) is 43.6 Å². The molecule has 0 bridgehead atoms. The lowest BCUT2D eigenvalue weighted by Crippen LogP contribution is -2.50. The van der Waals surface area contributed by atoms with Crippen LogP contribution >= 0.6 is 0 Å². The van der Waals surface area contributed by atoms with E-state index in [1.165, 1.54) is 0 Å². The maximum atomic E-state index is 12.0. The van der Waals surface area contributed by atoms with E-state index in [1.54, 1.807) is 0 Å². The summed E-state index contributed by atoms with van der Waals surface area (Å²) < 4.78 is 5.44. The van der Waals surface area contributed by atoms with Gasteiger partial charge in [0.1, 0.15) is 5.75 Å². The number of nitrogens with one attached hydrogen (secondary N) is 1. The number of ether oxygens (including phenoxy) is 1. The molecule has 132 valence electrons. The zero-order valence-electron chi connectivity index (χ0n) is 14.3. The molecule has 0 aliphatic heterocycles. The van der Waals surface area contributed by atoms with E-state index >= 15 is 0 Å². The second-order valence-corrected chi connectivity index (χ2v) is 5.69. The average molecular weight is 334 g/mol. The first-order valence-corrected chi connectivity index (χ1v) is 8.20. The third-order valence-electron chi connectivity index (χ3n) is 3.52. The van der Waals surface area contributed by atoms with Crippen molar-refractivity contribution in [1.29, 1.82) is 0 Å². The standard InChI is InChI=1S/C16H22N2O2.C2H4O2/c1-2-3-12(6-8-17)10-16(19)20-14-4-5-15-13(11-14)7-9-18-15;1-2(3)4/h4-5,7,9,11-12,18H,2-3,6,8,10,17H2,1H3;1H3,(H,3,4). The van der Waals surface area contributed by atoms with Crippen molar-refractivity contribution in [3.05, 3.63) is 30.5 Å². The molecule has 1 aromatic carbocycles. The third-order valence-corrected chi connectivity index (χ3v) is 3.52. The number of H-pyrrole nitrogens is 1. The minimum absolute atomic E-state index is 0.146. The largest absolute Gasteiger partial charge is 0.550 e. The van der Waals surface area contributed by atoms with Crippen LogP contribution in [0.2, 0.25) is 0 Å². The molecule has 2 rings (SSSR count). The zero-order valence-corrected chi connectivity index (χ0v) is 14.3. The van der Waals surface area contributed by atoms with Crippen molar-refractivity contribution < 1.29 is 25.2 Å². The van der Waals surface area contributed by atoms with E-state index < -0.39 is 5.97 Å². The number of aromatic nitrogens is 1. The highest BCUT2D eigenvalue weighted by Gasteiger charge is 2.15. The summed E-state index contributed by atoms with van der Waals surface area (Å²) in [5, 5.41) is 9.94. The maximum absolute atomic E-state index is 12.0. The molecule has 6 nitrogen and oxygen atoms in total. The van der Waals surface area contributed by atoms with E-state index in [9.17, 15) is 4.79 Å². The minimum atomic E-state index is -1.08. The summed E-state index contributed by atoms with van der Waals surface area (Å²) in [7, 11) is 0. The minimum Gasteiger partial charge on any atom is -0.550 e. The van der Waals surface area contributed by atoms with Crippen LogP contribution in [-0.2, 0) is 9.59 Å². The van der Waals surface area contributed by atoms with Crippen molar-refractivity contribution in [1.82, 2.24) is 4.98 Å². The molecular formula is C18H26N2O4. The summed E-state index contributed by atoms with van der Waals surface area (Å²) in [5.74, 6) is -0.222. The summed E-state index contributed by atoms with van der Waals surface area (Å²) in [6, 6.07) is 7.61. The normalized spacial score (nSPS) is 11.5. The van der Waals surface area contributed by atoms with Gasteiger partial charge in [0.15, 0.2) is 0 Å². The Morgan fingerprint density at radius 1 is 1.29 bits per heavy atom. The molecule has 4 N–H and O–H groups in total. The summed E-state index contributed by atoms with van der Waals surface area (Å²) in [5.41, 5.74) is 4.92. The number of hydrogen-bond donors (Lipinski definition) is 2. The Labute approximate surface area is 142 Å². The fraction of sp³-hybridized carbons (Fsp3) is 0.444. The molecule has 1 atom stereocenters. The molecule has 0 aliphatic carbocycles. The second kappa shape index (κ2) is 10.4. The first-order valence-electron chi connectivity index (χ1n) is 8.20. The topological polar surface area (TPSA) is 110 Å². The van der Waals surface area contributed by atoms with Crippen LogP contribution in [0.1, 0.15) is 39.5 Å². The molecule has 1 heterocycles. The number of fused-ring (bicyclic) bond motifs is 1. The van der Waals surface area contributed by atoms with Crippen LogP contribution in [0.5, 0.6) is 5.75 Å². The van der Waals surface area contributed by atoms with Gasteiger partial charge in [-0.25, -0.2) is 0 Å². The van der Waals surface area contributed by atoms with E-state index in [2.05, 4.69) is 17.6 Å². The van der Waals surface area contributed by atoms with Crippen LogP contribution in [0.25, 0.3) is 10.9 Å². The van der Waals surface area contributed by atoms with Crippen LogP contribution in [0, 0.1) is 5.92 Å². The van der Waals surface area contributed by atoms with Crippen molar-refractivity contribution >= 4 is 22.8 Å². The SMILES string of the molecule is CC(=O)[O-].CCCC(CC[NH3+])CC(=O)Oc1ccc2[nH]ccc2c1. The fourth-order valence-corrected chi connectivity index (χ4v) is 2.55. The molecule has 0 spiro atoms. The number of esters is 1. The highest BCUT2D eigenvalue weighted by atomic mass is 16.5. The number of aromatic amines is 1. The molecule has 1 aromatic heterocycles. The van der Waals surface area contributed by atoms with Gasteiger partial charge in [0.05, 0.1) is 6.54 Å². The lowest BCUT2D eigenvalue weighted by molar-refractivity contribution is -0.370. The van der Waals surface area contributed by atoms with Gasteiger partial charge in [-0.1, -0.05) is 13.3 Å². The van der Waals surface area contributed by atoms with Crippen molar-refractivity contribution in [2.45, 2.75) is 39.5 Å². The van der Waals surface area contributed by atoms with E-state index in [0.29, 0.717) is 18.1 Å². The average Bonchev–Trinajstić information content (AvgIpc) is 2.94. The van der Waals surface area contributed by atoms with E-state index in [1.807, 2.05) is 30.5 Å². The van der Waals surface area contributed by atoms with Gasteiger partial charge in [0, 0.05) is 29.5 Å². The second-order valence-electron chi connectivity index (χ2n) is 5.69. The van der Waals surface area contributed by atoms with Gasteiger partial charge in [-0.05, 0) is 49.9 Å². The Morgan fingerprint density at radius 3 is 2.62 bits per heavy atom. The number of quaternary nitrogens is 1. The molecule has 0 saturated heterocycles. The molecule has 1 unspecified atom stereocenters. The van der Waals surface area contributed by atoms with Gasteiger partial charge in [0.2, 0.25) is 0 Å². The summed E-state index contributed by atoms with van der Waals surface area (Å²) >= 11 is 0. The molecule has 0 radical (unpaired) electrons. The lowest BCUT2D eigenvalue weighted by atomic mass is 9.96. The van der Waals surface area contributed by atoms with Crippen molar-refractivity contribution in [2.75, 3.05) is 6.54 Å². The van der Waals surface area contributed by atoms with Crippen molar-refractivity contribution in [2.24, 2.45) is 5.92 Å². The number of aliphatic carboxylic acids is 1. The highest BCUT2D eigenvalue weighted by Crippen LogP contribution is 2.21. The zero-order chi connectivity index (χ0) is 17.9. The van der Waals surface area contributed by atoms with Gasteiger partial charge in [-0.15, -0.1) is 0 Å². The van der Waals surface area contributed by atoms with Crippen LogP contribution in [0.4, 0.5) is 0 Å². The van der Waals surface area contributed by atoms with Crippen molar-refractivity contribution in [3.63, 3.8) is 0 Å². The third kappa shape index (κ3) is 7.28. The van der Waals surface area contributed by atoms with Gasteiger partial charge in [-0.2, -0.15) is 0 Å². The van der Waals surface area contributed by atoms with Gasteiger partial charge >= 0.3 is 5.97 Å². The van der Waals surface area contributed by atoms with Gasteiger partial charge < -0.3 is 25.4 Å². The lowest BCUT2D eigenvalue weighted by Gasteiger charge is -2.13. The Bertz CT molecular complexity index is 641. The Morgan fingerprint density at radius 2 is 2.00 bits per heavy atom. The van der Waals surface area contributed by atoms with Gasteiger partial charge in [0.25, 0.3) is 0 Å². The number of carbonyl (C=O) groups excluding carboxylic acids is 2. The number of benzene rings is 1. The summed E-state index contributed by atoms with van der Waals surface area (Å²) in [4.78, 5) is 24.0. The molecule has 0 amide bonds. The van der Waals surface area contributed by atoms with E-state index in [4.69, 9.17) is 14.6 Å². The first kappa shape index (κ1) is 19.7. The molecular weight excluding hydrogens is 308 g/mol. The fourth-order valence-electron chi connectivity index (χ4n) is 2.55. The quantitative estimate of drug-likeness (QED) is 0.587.